The van der Waals surface area contributed by atoms with Crippen LogP contribution in [0.1, 0.15) is 12.1 Å². The highest BCUT2D eigenvalue weighted by Gasteiger charge is 2.32. The molecule has 0 amide bonds. The Bertz CT molecular complexity index is 492. The van der Waals surface area contributed by atoms with E-state index in [0.29, 0.717) is 12.4 Å². The summed E-state index contributed by atoms with van der Waals surface area (Å²) in [7, 11) is 0. The van der Waals surface area contributed by atoms with Crippen molar-refractivity contribution < 1.29 is 13.2 Å². The van der Waals surface area contributed by atoms with Crippen LogP contribution in [0.25, 0.3) is 0 Å². The molecule has 0 unspecified atom stereocenters. The van der Waals surface area contributed by atoms with Crippen molar-refractivity contribution in [3.63, 3.8) is 0 Å². The lowest BCUT2D eigenvalue weighted by Crippen LogP contribution is -2.11. The molecule has 0 aliphatic carbocycles. The largest absolute Gasteiger partial charge is 0.435 e. The quantitative estimate of drug-likeness (QED) is 0.847. The summed E-state index contributed by atoms with van der Waals surface area (Å²) in [6.45, 7) is 1.37. The maximum Gasteiger partial charge on any atom is 0.435 e. The van der Waals surface area contributed by atoms with E-state index in [4.69, 9.17) is 0 Å². The predicted molar refractivity (Wildman–Crippen MR) is 62.4 cm³/mol. The van der Waals surface area contributed by atoms with Crippen LogP contribution in [0.3, 0.4) is 0 Å². The Balaban J connectivity index is 1.77. The molecule has 0 aromatic carbocycles. The molecular weight excluding hydrogens is 259 g/mol. The van der Waals surface area contributed by atoms with Crippen molar-refractivity contribution in [2.45, 2.75) is 19.1 Å². The second kappa shape index (κ2) is 5.68. The predicted octanol–water partition coefficient (Wildman–Crippen LogP) is 2.19. The highest BCUT2D eigenvalue weighted by molar-refractivity contribution is 5.33. The second-order valence-corrected chi connectivity index (χ2v) is 3.88. The SMILES string of the molecule is FC(F)(F)c1ccc(NCCCn2ccnc2)nn1. The number of nitrogens with one attached hydrogen (secondary N) is 1. The van der Waals surface area contributed by atoms with Crippen LogP contribution in [0.4, 0.5) is 19.0 Å². The van der Waals surface area contributed by atoms with Gasteiger partial charge in [0.25, 0.3) is 0 Å². The minimum atomic E-state index is -4.45. The zero-order valence-corrected chi connectivity index (χ0v) is 9.93. The lowest BCUT2D eigenvalue weighted by molar-refractivity contribution is -0.141. The number of hydrogen-bond donors (Lipinski definition) is 1. The molecule has 2 heterocycles. The number of aromatic nitrogens is 4. The van der Waals surface area contributed by atoms with E-state index in [1.165, 1.54) is 6.07 Å². The molecule has 0 aliphatic heterocycles. The van der Waals surface area contributed by atoms with E-state index in [0.717, 1.165) is 19.0 Å². The molecule has 1 N–H and O–H groups in total. The Morgan fingerprint density at radius 1 is 1.21 bits per heavy atom. The van der Waals surface area contributed by atoms with Crippen LogP contribution in [-0.2, 0) is 12.7 Å². The van der Waals surface area contributed by atoms with E-state index >= 15 is 0 Å². The minimum absolute atomic E-state index is 0.332. The maximum absolute atomic E-state index is 12.3. The smallest absolute Gasteiger partial charge is 0.369 e. The number of imidazole rings is 1. The van der Waals surface area contributed by atoms with Crippen molar-refractivity contribution in [1.82, 2.24) is 19.7 Å². The zero-order valence-electron chi connectivity index (χ0n) is 9.93. The van der Waals surface area contributed by atoms with Gasteiger partial charge < -0.3 is 9.88 Å². The lowest BCUT2D eigenvalue weighted by atomic mass is 10.3. The van der Waals surface area contributed by atoms with Gasteiger partial charge in [-0.2, -0.15) is 13.2 Å². The molecule has 0 radical (unpaired) electrons. The molecule has 2 aromatic rings. The fourth-order valence-corrected chi connectivity index (χ4v) is 1.47. The van der Waals surface area contributed by atoms with Gasteiger partial charge in [0.05, 0.1) is 6.33 Å². The monoisotopic (exact) mass is 271 g/mol. The average molecular weight is 271 g/mol. The van der Waals surface area contributed by atoms with E-state index < -0.39 is 11.9 Å². The van der Waals surface area contributed by atoms with E-state index in [1.54, 1.807) is 12.5 Å². The van der Waals surface area contributed by atoms with Gasteiger partial charge in [0, 0.05) is 25.5 Å². The van der Waals surface area contributed by atoms with E-state index in [2.05, 4.69) is 20.5 Å². The molecule has 0 aliphatic rings. The van der Waals surface area contributed by atoms with Crippen molar-refractivity contribution in [2.75, 3.05) is 11.9 Å². The number of aryl methyl sites for hydroxylation is 1. The first-order valence-corrected chi connectivity index (χ1v) is 5.66. The number of rotatable bonds is 5. The van der Waals surface area contributed by atoms with Crippen molar-refractivity contribution in [3.8, 4) is 0 Å². The number of hydrogen-bond acceptors (Lipinski definition) is 4. The molecule has 5 nitrogen and oxygen atoms in total. The van der Waals surface area contributed by atoms with Crippen LogP contribution in [0.15, 0.2) is 30.9 Å². The Kier molecular flexibility index (Phi) is 3.98. The zero-order chi connectivity index (χ0) is 13.7. The third kappa shape index (κ3) is 3.94. The summed E-state index contributed by atoms with van der Waals surface area (Å²) in [6, 6.07) is 2.18. The van der Waals surface area contributed by atoms with Crippen LogP contribution in [0.5, 0.6) is 0 Å². The normalized spacial score (nSPS) is 11.5. The third-order valence-electron chi connectivity index (χ3n) is 2.41. The first-order valence-electron chi connectivity index (χ1n) is 5.66. The Morgan fingerprint density at radius 2 is 2.05 bits per heavy atom. The molecule has 0 fully saturated rings. The highest BCUT2D eigenvalue weighted by Crippen LogP contribution is 2.26. The molecule has 0 spiro atoms. The molecule has 102 valence electrons. The summed E-state index contributed by atoms with van der Waals surface area (Å²) < 4.78 is 38.7. The van der Waals surface area contributed by atoms with Crippen LogP contribution in [0.2, 0.25) is 0 Å². The molecule has 0 bridgehead atoms. The first kappa shape index (κ1) is 13.3. The van der Waals surface area contributed by atoms with Crippen molar-refractivity contribution >= 4 is 5.82 Å². The molecule has 8 heteroatoms. The maximum atomic E-state index is 12.3. The molecule has 19 heavy (non-hydrogen) atoms. The number of anilines is 1. The van der Waals surface area contributed by atoms with Crippen LogP contribution >= 0.6 is 0 Å². The Morgan fingerprint density at radius 3 is 2.63 bits per heavy atom. The Hall–Kier alpha value is -2.12. The molecule has 0 saturated heterocycles. The van der Waals surface area contributed by atoms with Gasteiger partial charge in [0.15, 0.2) is 5.69 Å². The fraction of sp³-hybridized carbons (Fsp3) is 0.364. The molecule has 0 atom stereocenters. The minimum Gasteiger partial charge on any atom is -0.369 e. The number of alkyl halides is 3. The molecule has 2 rings (SSSR count). The number of halogens is 3. The fourth-order valence-electron chi connectivity index (χ4n) is 1.47. The van der Waals surface area contributed by atoms with Crippen LogP contribution in [-0.4, -0.2) is 26.3 Å². The van der Waals surface area contributed by atoms with Crippen molar-refractivity contribution in [3.05, 3.63) is 36.5 Å². The van der Waals surface area contributed by atoms with Crippen molar-refractivity contribution in [1.29, 1.82) is 0 Å². The van der Waals surface area contributed by atoms with Gasteiger partial charge in [-0.25, -0.2) is 4.98 Å². The summed E-state index contributed by atoms with van der Waals surface area (Å²) >= 11 is 0. The average Bonchev–Trinajstić information content (AvgIpc) is 2.87. The molecular formula is C11H12F3N5. The van der Waals surface area contributed by atoms with E-state index in [1.807, 2.05) is 10.8 Å². The van der Waals surface area contributed by atoms with Gasteiger partial charge in [0.1, 0.15) is 5.82 Å². The van der Waals surface area contributed by atoms with Gasteiger partial charge in [0.2, 0.25) is 0 Å². The van der Waals surface area contributed by atoms with Gasteiger partial charge in [-0.3, -0.25) is 0 Å². The van der Waals surface area contributed by atoms with Crippen LogP contribution in [0, 0.1) is 0 Å². The van der Waals surface area contributed by atoms with Crippen molar-refractivity contribution in [2.24, 2.45) is 0 Å². The molecule has 2 aromatic heterocycles. The summed E-state index contributed by atoms with van der Waals surface area (Å²) in [5.41, 5.74) is -0.989. The third-order valence-corrected chi connectivity index (χ3v) is 2.41. The topological polar surface area (TPSA) is 55.6 Å². The van der Waals surface area contributed by atoms with Gasteiger partial charge in [-0.1, -0.05) is 0 Å². The van der Waals surface area contributed by atoms with Gasteiger partial charge >= 0.3 is 6.18 Å². The van der Waals surface area contributed by atoms with E-state index in [-0.39, 0.29) is 0 Å². The highest BCUT2D eigenvalue weighted by atomic mass is 19.4. The van der Waals surface area contributed by atoms with Gasteiger partial charge in [-0.05, 0) is 18.6 Å². The summed E-state index contributed by atoms with van der Waals surface area (Å²) in [4.78, 5) is 3.91. The standard InChI is InChI=1S/C11H12F3N5/c12-11(13,14)9-2-3-10(18-17-9)16-4-1-6-19-7-5-15-8-19/h2-3,5,7-8H,1,4,6H2,(H,16,18). The lowest BCUT2D eigenvalue weighted by Gasteiger charge is -2.07. The molecule has 0 saturated carbocycles. The summed E-state index contributed by atoms with van der Waals surface area (Å²) in [5.74, 6) is 0.332. The second-order valence-electron chi connectivity index (χ2n) is 3.88. The van der Waals surface area contributed by atoms with Crippen LogP contribution < -0.4 is 5.32 Å². The Labute approximate surface area is 107 Å². The van der Waals surface area contributed by atoms with Gasteiger partial charge in [-0.15, -0.1) is 10.2 Å². The summed E-state index contributed by atoms with van der Waals surface area (Å²) in [5, 5.41) is 9.52. The number of nitrogens with zero attached hydrogens (tertiary/aromatic N) is 4. The first-order chi connectivity index (χ1) is 9.05. The van der Waals surface area contributed by atoms with E-state index in [9.17, 15) is 13.2 Å². The summed E-state index contributed by atoms with van der Waals surface area (Å²) in [6.07, 6.45) is 1.59.